The summed E-state index contributed by atoms with van der Waals surface area (Å²) in [6.07, 6.45) is 4.41. The van der Waals surface area contributed by atoms with Crippen molar-refractivity contribution < 1.29 is 9.59 Å². The maximum absolute atomic E-state index is 13.0. The Morgan fingerprint density at radius 1 is 1.11 bits per heavy atom. The van der Waals surface area contributed by atoms with Gasteiger partial charge in [-0.3, -0.25) is 9.59 Å². The van der Waals surface area contributed by atoms with Crippen LogP contribution in [0.1, 0.15) is 52.0 Å². The number of anilines is 2. The van der Waals surface area contributed by atoms with Crippen LogP contribution >= 0.6 is 0 Å². The lowest BCUT2D eigenvalue weighted by atomic mass is 10.0. The first-order valence-electron chi connectivity index (χ1n) is 9.60. The summed E-state index contributed by atoms with van der Waals surface area (Å²) >= 11 is 0. The van der Waals surface area contributed by atoms with Crippen LogP contribution in [0.2, 0.25) is 0 Å². The van der Waals surface area contributed by atoms with Gasteiger partial charge in [0.1, 0.15) is 6.17 Å². The van der Waals surface area contributed by atoms with E-state index in [4.69, 9.17) is 0 Å². The Kier molecular flexibility index (Phi) is 4.60. The highest BCUT2D eigenvalue weighted by Gasteiger charge is 2.36. The predicted octanol–water partition coefficient (Wildman–Crippen LogP) is 4.04. The minimum atomic E-state index is -0.160. The van der Waals surface area contributed by atoms with Gasteiger partial charge < -0.3 is 15.1 Å². The number of nitrogens with one attached hydrogen (secondary N) is 1. The van der Waals surface area contributed by atoms with Gasteiger partial charge in [-0.25, -0.2) is 0 Å². The third-order valence-electron chi connectivity index (χ3n) is 5.58. The summed E-state index contributed by atoms with van der Waals surface area (Å²) in [6.45, 7) is 2.80. The van der Waals surface area contributed by atoms with Crippen LogP contribution in [0.4, 0.5) is 11.4 Å². The first kappa shape index (κ1) is 17.6. The minimum Gasteiger partial charge on any atom is -0.354 e. The fourth-order valence-electron chi connectivity index (χ4n) is 4.12. The normalized spacial score (nSPS) is 19.2. The Hall–Kier alpha value is -2.82. The van der Waals surface area contributed by atoms with Crippen LogP contribution in [-0.2, 0) is 0 Å². The molecule has 0 unspecified atom stereocenters. The summed E-state index contributed by atoms with van der Waals surface area (Å²) in [5.41, 5.74) is 3.97. The molecular formula is C22H25N3O2. The highest BCUT2D eigenvalue weighted by molar-refractivity contribution is 6.08. The second-order valence-electron chi connectivity index (χ2n) is 7.49. The molecule has 0 aliphatic carbocycles. The zero-order valence-corrected chi connectivity index (χ0v) is 15.9. The van der Waals surface area contributed by atoms with Crippen molar-refractivity contribution in [3.05, 3.63) is 59.2 Å². The molecule has 2 aromatic rings. The van der Waals surface area contributed by atoms with E-state index in [9.17, 15) is 9.59 Å². The van der Waals surface area contributed by atoms with Gasteiger partial charge in [-0.1, -0.05) is 18.6 Å². The maximum atomic E-state index is 13.0. The van der Waals surface area contributed by atoms with Crippen molar-refractivity contribution in [2.24, 2.45) is 0 Å². The van der Waals surface area contributed by atoms with E-state index in [1.807, 2.05) is 49.2 Å². The molecule has 0 aromatic heterocycles. The van der Waals surface area contributed by atoms with Gasteiger partial charge in [0, 0.05) is 24.8 Å². The van der Waals surface area contributed by atoms with Crippen molar-refractivity contribution in [1.29, 1.82) is 0 Å². The van der Waals surface area contributed by atoms with E-state index in [1.54, 1.807) is 12.1 Å². The molecule has 0 spiro atoms. The number of carbonyl (C=O) groups is 2. The summed E-state index contributed by atoms with van der Waals surface area (Å²) in [5.74, 6) is -0.0758. The highest BCUT2D eigenvalue weighted by atomic mass is 16.2. The van der Waals surface area contributed by atoms with E-state index in [0.717, 1.165) is 49.2 Å². The van der Waals surface area contributed by atoms with Gasteiger partial charge in [0.05, 0.1) is 11.3 Å². The lowest BCUT2D eigenvalue weighted by Gasteiger charge is -2.43. The molecule has 2 heterocycles. The number of hydrogen-bond donors (Lipinski definition) is 1. The van der Waals surface area contributed by atoms with Crippen LogP contribution in [0, 0.1) is 6.92 Å². The highest BCUT2D eigenvalue weighted by Crippen LogP contribution is 2.34. The molecule has 0 bridgehead atoms. The van der Waals surface area contributed by atoms with Gasteiger partial charge in [0.15, 0.2) is 0 Å². The molecule has 27 heavy (non-hydrogen) atoms. The van der Waals surface area contributed by atoms with E-state index in [0.29, 0.717) is 11.1 Å². The Labute approximate surface area is 160 Å². The van der Waals surface area contributed by atoms with Gasteiger partial charge in [-0.2, -0.15) is 0 Å². The summed E-state index contributed by atoms with van der Waals surface area (Å²) < 4.78 is 0. The van der Waals surface area contributed by atoms with Gasteiger partial charge in [-0.15, -0.1) is 0 Å². The summed E-state index contributed by atoms with van der Waals surface area (Å²) in [6, 6.07) is 13.1. The van der Waals surface area contributed by atoms with Gasteiger partial charge in [-0.05, 0) is 62.1 Å². The molecule has 5 nitrogen and oxygen atoms in total. The summed E-state index contributed by atoms with van der Waals surface area (Å²) in [7, 11) is 2.02. The number of rotatable bonds is 2. The molecule has 2 aromatic carbocycles. The van der Waals surface area contributed by atoms with Crippen LogP contribution < -0.4 is 10.2 Å². The number of aryl methyl sites for hydroxylation is 1. The smallest absolute Gasteiger partial charge is 0.257 e. The minimum absolute atomic E-state index is 0.0839. The van der Waals surface area contributed by atoms with Crippen LogP contribution in [0.25, 0.3) is 0 Å². The molecule has 1 saturated heterocycles. The molecule has 140 valence electrons. The van der Waals surface area contributed by atoms with E-state index in [2.05, 4.69) is 10.2 Å². The topological polar surface area (TPSA) is 52.7 Å². The third kappa shape index (κ3) is 3.29. The lowest BCUT2D eigenvalue weighted by Crippen LogP contribution is -2.53. The fraction of sp³-hybridized carbons (Fsp3) is 0.364. The molecule has 2 amide bonds. The summed E-state index contributed by atoms with van der Waals surface area (Å²) in [4.78, 5) is 29.8. The van der Waals surface area contributed by atoms with Crippen LogP contribution in [0.3, 0.4) is 0 Å². The average Bonchev–Trinajstić information content (AvgIpc) is 2.92. The van der Waals surface area contributed by atoms with Gasteiger partial charge in [0.25, 0.3) is 11.8 Å². The largest absolute Gasteiger partial charge is 0.354 e. The number of amides is 2. The fourth-order valence-corrected chi connectivity index (χ4v) is 4.12. The lowest BCUT2D eigenvalue weighted by molar-refractivity contribution is 0.0661. The first-order valence-corrected chi connectivity index (χ1v) is 9.60. The molecule has 0 radical (unpaired) electrons. The molecule has 1 atom stereocenters. The van der Waals surface area contributed by atoms with Crippen molar-refractivity contribution in [3.63, 3.8) is 0 Å². The van der Waals surface area contributed by atoms with Crippen molar-refractivity contribution in [2.45, 2.75) is 38.8 Å². The van der Waals surface area contributed by atoms with Crippen LogP contribution in [-0.4, -0.2) is 36.5 Å². The quantitative estimate of drug-likeness (QED) is 0.876. The predicted molar refractivity (Wildman–Crippen MR) is 107 cm³/mol. The van der Waals surface area contributed by atoms with E-state index >= 15 is 0 Å². The Morgan fingerprint density at radius 3 is 2.78 bits per heavy atom. The second kappa shape index (κ2) is 7.06. The second-order valence-corrected chi connectivity index (χ2v) is 7.49. The number of hydrogen-bond acceptors (Lipinski definition) is 3. The summed E-state index contributed by atoms with van der Waals surface area (Å²) in [5, 5.41) is 2.95. The maximum Gasteiger partial charge on any atom is 0.257 e. The molecule has 0 saturated carbocycles. The molecule has 1 fully saturated rings. The zero-order valence-electron chi connectivity index (χ0n) is 15.9. The molecule has 2 aliphatic rings. The third-order valence-corrected chi connectivity index (χ3v) is 5.58. The Bertz CT molecular complexity index is 893. The first-order chi connectivity index (χ1) is 13.0. The Morgan fingerprint density at radius 2 is 1.96 bits per heavy atom. The number of nitrogens with zero attached hydrogens (tertiary/aromatic N) is 2. The average molecular weight is 363 g/mol. The molecular weight excluding hydrogens is 338 g/mol. The molecule has 4 rings (SSSR count). The van der Waals surface area contributed by atoms with Crippen molar-refractivity contribution >= 4 is 23.2 Å². The van der Waals surface area contributed by atoms with Crippen molar-refractivity contribution in [2.75, 3.05) is 23.8 Å². The van der Waals surface area contributed by atoms with E-state index in [1.165, 1.54) is 0 Å². The van der Waals surface area contributed by atoms with E-state index in [-0.39, 0.29) is 18.0 Å². The molecule has 2 aliphatic heterocycles. The zero-order chi connectivity index (χ0) is 19.0. The van der Waals surface area contributed by atoms with E-state index < -0.39 is 0 Å². The SMILES string of the molecule is Cc1cccc(NC(=O)c2ccc3c(c2)N(C)[C@@H]2CCCCCN2C3=O)c1. The van der Waals surface area contributed by atoms with Gasteiger partial charge in [0.2, 0.25) is 0 Å². The van der Waals surface area contributed by atoms with Crippen molar-refractivity contribution in [1.82, 2.24) is 4.90 Å². The number of fused-ring (bicyclic) bond motifs is 2. The van der Waals surface area contributed by atoms with Crippen molar-refractivity contribution in [3.8, 4) is 0 Å². The monoisotopic (exact) mass is 363 g/mol. The molecule has 5 heteroatoms. The van der Waals surface area contributed by atoms with Crippen LogP contribution in [0.5, 0.6) is 0 Å². The number of carbonyl (C=O) groups excluding carboxylic acids is 2. The standard InChI is InChI=1S/C22H25N3O2/c1-15-7-6-8-17(13-15)23-21(26)16-10-11-18-19(14-16)24(2)20-9-4-3-5-12-25(20)22(18)27/h6-8,10-11,13-14,20H,3-5,9,12H2,1-2H3,(H,23,26)/t20-/m0/s1. The Balaban J connectivity index is 1.63. The van der Waals surface area contributed by atoms with Crippen LogP contribution in [0.15, 0.2) is 42.5 Å². The van der Waals surface area contributed by atoms with Gasteiger partial charge >= 0.3 is 0 Å². The molecule has 1 N–H and O–H groups in total. The number of benzene rings is 2.